The van der Waals surface area contributed by atoms with Gasteiger partial charge < -0.3 is 10.2 Å². The zero-order chi connectivity index (χ0) is 14.7. The molecule has 0 aliphatic rings. The van der Waals surface area contributed by atoms with Crippen molar-refractivity contribution in [1.82, 2.24) is 9.78 Å². The maximum absolute atomic E-state index is 12.0. The van der Waals surface area contributed by atoms with Crippen LogP contribution in [0.3, 0.4) is 0 Å². The molecule has 0 spiro atoms. The van der Waals surface area contributed by atoms with Crippen molar-refractivity contribution in [2.24, 2.45) is 7.05 Å². The van der Waals surface area contributed by atoms with Crippen LogP contribution in [-0.2, 0) is 7.05 Å². The second-order valence-electron chi connectivity index (χ2n) is 4.58. The Hall–Kier alpha value is -2.63. The Bertz CT molecular complexity index is 674. The Labute approximate surface area is 116 Å². The van der Waals surface area contributed by atoms with E-state index < -0.39 is 0 Å². The average molecular weight is 272 g/mol. The zero-order valence-electron chi connectivity index (χ0n) is 11.6. The second kappa shape index (κ2) is 5.56. The van der Waals surface area contributed by atoms with E-state index in [0.29, 0.717) is 5.69 Å². The van der Waals surface area contributed by atoms with Crippen molar-refractivity contribution in [1.29, 1.82) is 0 Å². The van der Waals surface area contributed by atoms with Gasteiger partial charge in [-0.1, -0.05) is 0 Å². The standard InChI is InChI=1S/C14H16N4O2/c1-17(2)11-6-4-10(5-7-11)15-14(20)12-8-9-13(19)18(3)16-12/h4-9H,1-3H3,(H,15,20). The molecule has 0 fully saturated rings. The molecule has 0 aliphatic carbocycles. The highest BCUT2D eigenvalue weighted by Crippen LogP contribution is 2.15. The molecule has 0 atom stereocenters. The van der Waals surface area contributed by atoms with Crippen LogP contribution in [0.5, 0.6) is 0 Å². The van der Waals surface area contributed by atoms with Crippen molar-refractivity contribution in [3.63, 3.8) is 0 Å². The number of carbonyl (C=O) groups is 1. The number of nitrogens with zero attached hydrogens (tertiary/aromatic N) is 3. The Kier molecular flexibility index (Phi) is 3.84. The molecule has 0 saturated heterocycles. The average Bonchev–Trinajstić information content (AvgIpc) is 2.42. The minimum atomic E-state index is -0.349. The van der Waals surface area contributed by atoms with Crippen LogP contribution in [0.1, 0.15) is 10.5 Å². The maximum Gasteiger partial charge on any atom is 0.276 e. The maximum atomic E-state index is 12.0. The largest absolute Gasteiger partial charge is 0.378 e. The van der Waals surface area contributed by atoms with Crippen molar-refractivity contribution in [3.8, 4) is 0 Å². The minimum Gasteiger partial charge on any atom is -0.378 e. The fourth-order valence-corrected chi connectivity index (χ4v) is 1.66. The van der Waals surface area contributed by atoms with Gasteiger partial charge in [0.2, 0.25) is 0 Å². The van der Waals surface area contributed by atoms with E-state index in [2.05, 4.69) is 10.4 Å². The number of benzene rings is 1. The van der Waals surface area contributed by atoms with Gasteiger partial charge in [-0.05, 0) is 30.3 Å². The summed E-state index contributed by atoms with van der Waals surface area (Å²) in [6.45, 7) is 0. The number of aryl methyl sites for hydroxylation is 1. The summed E-state index contributed by atoms with van der Waals surface area (Å²) >= 11 is 0. The van der Waals surface area contributed by atoms with E-state index in [1.165, 1.54) is 19.2 Å². The van der Waals surface area contributed by atoms with E-state index in [9.17, 15) is 9.59 Å². The third-order valence-corrected chi connectivity index (χ3v) is 2.83. The van der Waals surface area contributed by atoms with Crippen molar-refractivity contribution >= 4 is 17.3 Å². The summed E-state index contributed by atoms with van der Waals surface area (Å²) in [5, 5.41) is 6.63. The van der Waals surface area contributed by atoms with Gasteiger partial charge >= 0.3 is 0 Å². The van der Waals surface area contributed by atoms with E-state index >= 15 is 0 Å². The summed E-state index contributed by atoms with van der Waals surface area (Å²) in [5.41, 5.74) is 1.67. The fourth-order valence-electron chi connectivity index (χ4n) is 1.66. The molecule has 6 nitrogen and oxygen atoms in total. The summed E-state index contributed by atoms with van der Waals surface area (Å²) in [6.07, 6.45) is 0. The summed E-state index contributed by atoms with van der Waals surface area (Å²) in [5.74, 6) is -0.349. The normalized spacial score (nSPS) is 10.2. The first-order chi connectivity index (χ1) is 9.47. The summed E-state index contributed by atoms with van der Waals surface area (Å²) in [4.78, 5) is 25.2. The molecule has 0 unspecified atom stereocenters. The van der Waals surface area contributed by atoms with Crippen LogP contribution in [0, 0.1) is 0 Å². The molecule has 1 aromatic heterocycles. The van der Waals surface area contributed by atoms with Crippen molar-refractivity contribution in [3.05, 3.63) is 52.4 Å². The molecule has 6 heteroatoms. The van der Waals surface area contributed by atoms with Gasteiger partial charge in [0.25, 0.3) is 11.5 Å². The molecule has 0 aliphatic heterocycles. The fraction of sp³-hybridized carbons (Fsp3) is 0.214. The van der Waals surface area contributed by atoms with Gasteiger partial charge in [-0.3, -0.25) is 9.59 Å². The Morgan fingerprint density at radius 3 is 2.35 bits per heavy atom. The SMILES string of the molecule is CN(C)c1ccc(NC(=O)c2ccc(=O)n(C)n2)cc1. The van der Waals surface area contributed by atoms with Crippen molar-refractivity contribution in [2.75, 3.05) is 24.3 Å². The highest BCUT2D eigenvalue weighted by Gasteiger charge is 2.09. The molecule has 2 aromatic rings. The van der Waals surface area contributed by atoms with Crippen molar-refractivity contribution in [2.45, 2.75) is 0 Å². The third-order valence-electron chi connectivity index (χ3n) is 2.83. The van der Waals surface area contributed by atoms with Gasteiger partial charge in [-0.25, -0.2) is 4.68 Å². The Morgan fingerprint density at radius 2 is 1.80 bits per heavy atom. The minimum absolute atomic E-state index is 0.198. The van der Waals surface area contributed by atoms with Gasteiger partial charge in [0, 0.05) is 38.6 Å². The molecule has 0 bridgehead atoms. The van der Waals surface area contributed by atoms with Gasteiger partial charge in [-0.15, -0.1) is 0 Å². The number of hydrogen-bond donors (Lipinski definition) is 1. The first kappa shape index (κ1) is 13.8. The van der Waals surface area contributed by atoms with Crippen LogP contribution in [0.2, 0.25) is 0 Å². The summed E-state index contributed by atoms with van der Waals surface area (Å²) in [6, 6.07) is 10.2. The summed E-state index contributed by atoms with van der Waals surface area (Å²) in [7, 11) is 5.40. The number of aromatic nitrogens is 2. The number of rotatable bonds is 3. The lowest BCUT2D eigenvalue weighted by Gasteiger charge is -2.13. The lowest BCUT2D eigenvalue weighted by Crippen LogP contribution is -2.23. The number of hydrogen-bond acceptors (Lipinski definition) is 4. The topological polar surface area (TPSA) is 67.2 Å². The van der Waals surface area contributed by atoms with Gasteiger partial charge in [0.05, 0.1) is 0 Å². The third kappa shape index (κ3) is 3.03. The van der Waals surface area contributed by atoms with E-state index in [0.717, 1.165) is 10.4 Å². The molecular formula is C14H16N4O2. The molecular weight excluding hydrogens is 256 g/mol. The van der Waals surface area contributed by atoms with Gasteiger partial charge in [-0.2, -0.15) is 5.10 Å². The quantitative estimate of drug-likeness (QED) is 0.908. The van der Waals surface area contributed by atoms with E-state index in [1.807, 2.05) is 43.3 Å². The highest BCUT2D eigenvalue weighted by molar-refractivity contribution is 6.02. The van der Waals surface area contributed by atoms with Crippen LogP contribution in [0.25, 0.3) is 0 Å². The van der Waals surface area contributed by atoms with Crippen LogP contribution < -0.4 is 15.8 Å². The lowest BCUT2D eigenvalue weighted by molar-refractivity contribution is 0.102. The number of anilines is 2. The molecule has 20 heavy (non-hydrogen) atoms. The summed E-state index contributed by atoms with van der Waals surface area (Å²) < 4.78 is 1.13. The number of carbonyl (C=O) groups excluding carboxylic acids is 1. The highest BCUT2D eigenvalue weighted by atomic mass is 16.2. The second-order valence-corrected chi connectivity index (χ2v) is 4.58. The van der Waals surface area contributed by atoms with E-state index in [-0.39, 0.29) is 17.2 Å². The monoisotopic (exact) mass is 272 g/mol. The van der Waals surface area contributed by atoms with Gasteiger partial charge in [0.1, 0.15) is 5.69 Å². The first-order valence-corrected chi connectivity index (χ1v) is 6.10. The number of nitrogens with one attached hydrogen (secondary N) is 1. The molecule has 1 amide bonds. The molecule has 1 N–H and O–H groups in total. The van der Waals surface area contributed by atoms with Crippen LogP contribution >= 0.6 is 0 Å². The van der Waals surface area contributed by atoms with Crippen LogP contribution in [0.15, 0.2) is 41.2 Å². The molecule has 104 valence electrons. The zero-order valence-corrected chi connectivity index (χ0v) is 11.6. The van der Waals surface area contributed by atoms with E-state index in [1.54, 1.807) is 0 Å². The number of amides is 1. The smallest absolute Gasteiger partial charge is 0.276 e. The molecule has 1 aromatic carbocycles. The molecule has 0 radical (unpaired) electrons. The first-order valence-electron chi connectivity index (χ1n) is 6.10. The molecule has 1 heterocycles. The Balaban J connectivity index is 2.14. The predicted molar refractivity (Wildman–Crippen MR) is 78.2 cm³/mol. The van der Waals surface area contributed by atoms with Crippen LogP contribution in [-0.4, -0.2) is 29.8 Å². The van der Waals surface area contributed by atoms with E-state index in [4.69, 9.17) is 0 Å². The predicted octanol–water partition coefficient (Wildman–Crippen LogP) is 1.10. The molecule has 2 rings (SSSR count). The Morgan fingerprint density at radius 1 is 1.15 bits per heavy atom. The van der Waals surface area contributed by atoms with Crippen molar-refractivity contribution < 1.29 is 4.79 Å². The lowest BCUT2D eigenvalue weighted by atomic mass is 10.2. The van der Waals surface area contributed by atoms with Gasteiger partial charge in [0.15, 0.2) is 0 Å². The van der Waals surface area contributed by atoms with Crippen LogP contribution in [0.4, 0.5) is 11.4 Å². The molecule has 0 saturated carbocycles.